The first-order valence-electron chi connectivity index (χ1n) is 3.52. The predicted molar refractivity (Wildman–Crippen MR) is 42.6 cm³/mol. The van der Waals surface area contributed by atoms with Crippen LogP contribution in [0.25, 0.3) is 0 Å². The molecule has 0 saturated carbocycles. The van der Waals surface area contributed by atoms with Gasteiger partial charge in [0.1, 0.15) is 6.04 Å². The summed E-state index contributed by atoms with van der Waals surface area (Å²) in [6, 6.07) is -1.02. The normalized spacial score (nSPS) is 12.0. The number of H-pyrrole nitrogens is 1. The quantitative estimate of drug-likeness (QED) is 0.429. The summed E-state index contributed by atoms with van der Waals surface area (Å²) in [4.78, 5) is 26.8. The first-order chi connectivity index (χ1) is 6.24. The van der Waals surface area contributed by atoms with Crippen molar-refractivity contribution in [3.05, 3.63) is 23.1 Å². The van der Waals surface area contributed by atoms with Gasteiger partial charge in [0.15, 0.2) is 0 Å². The summed E-state index contributed by atoms with van der Waals surface area (Å²) in [6.07, 6.45) is 3.06. The van der Waals surface area contributed by atoms with Crippen LogP contribution in [0.3, 0.4) is 0 Å². The Kier molecular flexibility index (Phi) is 2.96. The van der Waals surface area contributed by atoms with Gasteiger partial charge in [-0.2, -0.15) is 0 Å². The van der Waals surface area contributed by atoms with Crippen molar-refractivity contribution in [3.63, 3.8) is 0 Å². The molecule has 0 saturated heterocycles. The second-order valence-corrected chi connectivity index (χ2v) is 2.39. The van der Waals surface area contributed by atoms with Crippen LogP contribution in [-0.4, -0.2) is 27.1 Å². The van der Waals surface area contributed by atoms with Gasteiger partial charge in [-0.15, -0.1) is 4.91 Å². The Hall–Kier alpha value is -1.92. The summed E-state index contributed by atoms with van der Waals surface area (Å²) in [5.41, 5.74) is 2.57. The van der Waals surface area contributed by atoms with Crippen LogP contribution in [0.2, 0.25) is 0 Å². The standard InChI is InChI=1S/C6H8N4O3/c11-6(12)5(9-10-13)1-4-2-7-3-8-4/h2-3,5H,1H2,(H,7,8)(H,9,13)(H,11,12)/t5-/m0/s1. The molecule has 0 bridgehead atoms. The van der Waals surface area contributed by atoms with E-state index < -0.39 is 12.0 Å². The van der Waals surface area contributed by atoms with E-state index in [1.165, 1.54) is 12.5 Å². The lowest BCUT2D eigenvalue weighted by Crippen LogP contribution is -2.35. The van der Waals surface area contributed by atoms with Crippen molar-refractivity contribution in [2.45, 2.75) is 12.5 Å². The van der Waals surface area contributed by atoms with Crippen LogP contribution in [0.4, 0.5) is 0 Å². The molecular weight excluding hydrogens is 176 g/mol. The van der Waals surface area contributed by atoms with Crippen LogP contribution < -0.4 is 5.43 Å². The Balaban J connectivity index is 2.57. The topological polar surface area (TPSA) is 107 Å². The first-order valence-corrected chi connectivity index (χ1v) is 3.52. The fourth-order valence-electron chi connectivity index (χ4n) is 0.868. The number of nitroso groups, excluding NO2 is 1. The maximum Gasteiger partial charge on any atom is 0.328 e. The molecule has 7 heteroatoms. The van der Waals surface area contributed by atoms with E-state index in [0.29, 0.717) is 5.69 Å². The van der Waals surface area contributed by atoms with E-state index >= 15 is 0 Å². The lowest BCUT2D eigenvalue weighted by molar-refractivity contribution is -0.139. The summed E-state index contributed by atoms with van der Waals surface area (Å²) in [6.45, 7) is 0. The molecule has 70 valence electrons. The van der Waals surface area contributed by atoms with Gasteiger partial charge >= 0.3 is 5.97 Å². The third-order valence-corrected chi connectivity index (χ3v) is 1.49. The highest BCUT2D eigenvalue weighted by atomic mass is 16.4. The van der Waals surface area contributed by atoms with E-state index in [2.05, 4.69) is 15.3 Å². The zero-order chi connectivity index (χ0) is 9.68. The molecule has 0 amide bonds. The number of carbonyl (C=O) groups is 1. The zero-order valence-corrected chi connectivity index (χ0v) is 6.60. The summed E-state index contributed by atoms with van der Waals surface area (Å²) in [5, 5.41) is 10.9. The Morgan fingerprint density at radius 3 is 3.08 bits per heavy atom. The van der Waals surface area contributed by atoms with Crippen molar-refractivity contribution in [2.75, 3.05) is 0 Å². The number of rotatable bonds is 5. The third-order valence-electron chi connectivity index (χ3n) is 1.49. The van der Waals surface area contributed by atoms with Crippen LogP contribution in [0.5, 0.6) is 0 Å². The summed E-state index contributed by atoms with van der Waals surface area (Å²) < 4.78 is 0. The summed E-state index contributed by atoms with van der Waals surface area (Å²) >= 11 is 0. The van der Waals surface area contributed by atoms with Crippen LogP contribution >= 0.6 is 0 Å². The average molecular weight is 184 g/mol. The molecule has 0 aromatic carbocycles. The minimum Gasteiger partial charge on any atom is -0.480 e. The molecule has 1 atom stereocenters. The number of nitrogens with one attached hydrogen (secondary N) is 2. The molecular formula is C6H8N4O3. The molecule has 0 aliphatic heterocycles. The van der Waals surface area contributed by atoms with E-state index in [4.69, 9.17) is 5.11 Å². The average Bonchev–Trinajstić information content (AvgIpc) is 2.56. The zero-order valence-electron chi connectivity index (χ0n) is 6.60. The predicted octanol–water partition coefficient (Wildman–Crippen LogP) is -0.324. The second kappa shape index (κ2) is 4.19. The minimum absolute atomic E-state index is 0.140. The highest BCUT2D eigenvalue weighted by molar-refractivity contribution is 5.73. The number of nitrogens with zero attached hydrogens (tertiary/aromatic N) is 2. The molecule has 13 heavy (non-hydrogen) atoms. The van der Waals surface area contributed by atoms with Crippen molar-refractivity contribution in [1.82, 2.24) is 15.4 Å². The van der Waals surface area contributed by atoms with Gasteiger partial charge in [-0.1, -0.05) is 0 Å². The fourth-order valence-corrected chi connectivity index (χ4v) is 0.868. The largest absolute Gasteiger partial charge is 0.480 e. The number of carboxylic acids is 1. The molecule has 1 aromatic rings. The molecule has 0 spiro atoms. The van der Waals surface area contributed by atoms with Crippen molar-refractivity contribution >= 4 is 5.97 Å². The van der Waals surface area contributed by atoms with E-state index in [-0.39, 0.29) is 6.42 Å². The smallest absolute Gasteiger partial charge is 0.328 e. The van der Waals surface area contributed by atoms with E-state index in [9.17, 15) is 9.70 Å². The SMILES string of the molecule is O=NN[C@@H](Cc1cnc[nH]1)C(=O)O. The molecule has 0 unspecified atom stereocenters. The Morgan fingerprint density at radius 1 is 1.85 bits per heavy atom. The Morgan fingerprint density at radius 2 is 2.62 bits per heavy atom. The van der Waals surface area contributed by atoms with E-state index in [1.54, 1.807) is 0 Å². The van der Waals surface area contributed by atoms with Crippen molar-refractivity contribution in [1.29, 1.82) is 0 Å². The van der Waals surface area contributed by atoms with Gasteiger partial charge in [0.2, 0.25) is 0 Å². The molecule has 0 aliphatic rings. The number of aromatic amines is 1. The molecule has 3 N–H and O–H groups in total. The van der Waals surface area contributed by atoms with Gasteiger partial charge in [-0.05, 0) is 0 Å². The van der Waals surface area contributed by atoms with Crippen molar-refractivity contribution in [2.24, 2.45) is 5.29 Å². The lowest BCUT2D eigenvalue weighted by Gasteiger charge is -2.07. The highest BCUT2D eigenvalue weighted by Crippen LogP contribution is 1.98. The van der Waals surface area contributed by atoms with Crippen molar-refractivity contribution < 1.29 is 9.90 Å². The second-order valence-electron chi connectivity index (χ2n) is 2.39. The maximum atomic E-state index is 10.5. The summed E-state index contributed by atoms with van der Waals surface area (Å²) in [5.74, 6) is -1.13. The van der Waals surface area contributed by atoms with Gasteiger partial charge in [0.05, 0.1) is 11.6 Å². The third kappa shape index (κ3) is 2.55. The molecule has 0 radical (unpaired) electrons. The summed E-state index contributed by atoms with van der Waals surface area (Å²) in [7, 11) is 0. The van der Waals surface area contributed by atoms with Gasteiger partial charge in [-0.3, -0.25) is 5.43 Å². The number of aromatic nitrogens is 2. The fraction of sp³-hybridized carbons (Fsp3) is 0.333. The number of hydrogen-bond donors (Lipinski definition) is 3. The lowest BCUT2D eigenvalue weighted by atomic mass is 10.2. The number of imidazole rings is 1. The van der Waals surface area contributed by atoms with Crippen LogP contribution in [-0.2, 0) is 11.2 Å². The number of hydrogen-bond acceptors (Lipinski definition) is 4. The number of aliphatic carboxylic acids is 1. The minimum atomic E-state index is -1.13. The molecule has 1 aromatic heterocycles. The Bertz CT molecular complexity index is 284. The van der Waals surface area contributed by atoms with Gasteiger partial charge in [0.25, 0.3) is 0 Å². The van der Waals surface area contributed by atoms with Crippen molar-refractivity contribution in [3.8, 4) is 0 Å². The van der Waals surface area contributed by atoms with Crippen LogP contribution in [0.1, 0.15) is 5.69 Å². The molecule has 1 rings (SSSR count). The van der Waals surface area contributed by atoms with Gasteiger partial charge in [0, 0.05) is 18.3 Å². The monoisotopic (exact) mass is 184 g/mol. The first kappa shape index (κ1) is 9.17. The van der Waals surface area contributed by atoms with Gasteiger partial charge in [-0.25, -0.2) is 9.78 Å². The molecule has 0 fully saturated rings. The molecule has 0 aliphatic carbocycles. The molecule has 7 nitrogen and oxygen atoms in total. The molecule has 1 heterocycles. The number of carboxylic acid groups (broad SMARTS) is 1. The van der Waals surface area contributed by atoms with E-state index in [0.717, 1.165) is 0 Å². The van der Waals surface area contributed by atoms with Crippen LogP contribution in [0, 0.1) is 4.91 Å². The maximum absolute atomic E-state index is 10.5. The van der Waals surface area contributed by atoms with Gasteiger partial charge < -0.3 is 10.1 Å². The van der Waals surface area contributed by atoms with E-state index in [1.807, 2.05) is 5.43 Å². The highest BCUT2D eigenvalue weighted by Gasteiger charge is 2.17. The van der Waals surface area contributed by atoms with Crippen LogP contribution in [0.15, 0.2) is 17.8 Å². The Labute approximate surface area is 73.1 Å².